The number of rotatable bonds is 6. The van der Waals surface area contributed by atoms with Crippen molar-refractivity contribution in [2.45, 2.75) is 37.3 Å². The molecule has 0 spiro atoms. The van der Waals surface area contributed by atoms with Crippen LogP contribution < -0.4 is 14.2 Å². The van der Waals surface area contributed by atoms with Crippen LogP contribution in [0, 0.1) is 0 Å². The molecule has 20 heavy (non-hydrogen) atoms. The maximum Gasteiger partial charge on any atom is 0.244 e. The molecule has 114 valence electrons. The molecular weight excluding hydrogens is 282 g/mol. The van der Waals surface area contributed by atoms with Crippen molar-refractivity contribution in [2.24, 2.45) is 0 Å². The lowest BCUT2D eigenvalue weighted by Crippen LogP contribution is -2.50. The van der Waals surface area contributed by atoms with Crippen LogP contribution in [0.25, 0.3) is 0 Å². The monoisotopic (exact) mass is 303 g/mol. The van der Waals surface area contributed by atoms with Crippen molar-refractivity contribution < 1.29 is 23.0 Å². The van der Waals surface area contributed by atoms with Crippen molar-refractivity contribution in [3.8, 4) is 11.5 Å². The molecule has 0 aliphatic rings. The summed E-state index contributed by atoms with van der Waals surface area (Å²) < 4.78 is 37.4. The van der Waals surface area contributed by atoms with Gasteiger partial charge in [0.25, 0.3) is 0 Å². The van der Waals surface area contributed by atoms with Gasteiger partial charge < -0.3 is 14.6 Å². The first-order chi connectivity index (χ1) is 9.14. The first kappa shape index (κ1) is 16.7. The van der Waals surface area contributed by atoms with E-state index in [2.05, 4.69) is 4.72 Å². The summed E-state index contributed by atoms with van der Waals surface area (Å²) in [6.45, 7) is 4.73. The number of aliphatic hydroxyl groups excluding tert-OH is 1. The Morgan fingerprint density at radius 3 is 2.30 bits per heavy atom. The number of hydrogen-bond donors (Lipinski definition) is 2. The molecule has 0 heterocycles. The summed E-state index contributed by atoms with van der Waals surface area (Å²) in [5.74, 6) is 0.675. The highest BCUT2D eigenvalue weighted by Crippen LogP contribution is 2.29. The van der Waals surface area contributed by atoms with Crippen molar-refractivity contribution in [2.75, 3.05) is 14.2 Å². The Morgan fingerprint density at radius 1 is 1.25 bits per heavy atom. The molecule has 0 saturated heterocycles. The van der Waals surface area contributed by atoms with Crippen LogP contribution in [0.3, 0.4) is 0 Å². The largest absolute Gasteiger partial charge is 0.497 e. The van der Waals surface area contributed by atoms with E-state index < -0.39 is 21.7 Å². The highest BCUT2D eigenvalue weighted by molar-refractivity contribution is 7.89. The summed E-state index contributed by atoms with van der Waals surface area (Å²) in [5.41, 5.74) is -0.996. The number of aliphatic hydroxyl groups is 1. The van der Waals surface area contributed by atoms with Gasteiger partial charge in [-0.2, -0.15) is 0 Å². The third-order valence-corrected chi connectivity index (χ3v) is 4.81. The molecule has 1 rings (SSSR count). The zero-order valence-corrected chi connectivity index (χ0v) is 13.1. The average Bonchev–Trinajstić information content (AvgIpc) is 2.36. The van der Waals surface area contributed by atoms with E-state index in [1.54, 1.807) is 13.8 Å². The van der Waals surface area contributed by atoms with Crippen molar-refractivity contribution >= 4 is 10.0 Å². The van der Waals surface area contributed by atoms with Gasteiger partial charge in [0, 0.05) is 6.07 Å². The molecule has 2 N–H and O–H groups in total. The Hall–Kier alpha value is -1.31. The van der Waals surface area contributed by atoms with Gasteiger partial charge in [-0.3, -0.25) is 0 Å². The highest BCUT2D eigenvalue weighted by atomic mass is 32.2. The maximum atomic E-state index is 12.4. The first-order valence-corrected chi connectivity index (χ1v) is 7.56. The van der Waals surface area contributed by atoms with E-state index in [4.69, 9.17) is 9.47 Å². The van der Waals surface area contributed by atoms with Crippen LogP contribution in [0.15, 0.2) is 23.1 Å². The van der Waals surface area contributed by atoms with E-state index in [0.29, 0.717) is 5.75 Å². The molecule has 1 unspecified atom stereocenters. The van der Waals surface area contributed by atoms with Crippen LogP contribution in [0.4, 0.5) is 0 Å². The molecule has 0 amide bonds. The van der Waals surface area contributed by atoms with Crippen LogP contribution in [0.2, 0.25) is 0 Å². The molecule has 0 saturated carbocycles. The van der Waals surface area contributed by atoms with Crippen LogP contribution >= 0.6 is 0 Å². The molecular formula is C13H21NO5S. The molecule has 0 bridgehead atoms. The third-order valence-electron chi connectivity index (χ3n) is 3.10. The molecule has 6 nitrogen and oxygen atoms in total. The van der Waals surface area contributed by atoms with E-state index in [0.717, 1.165) is 0 Å². The van der Waals surface area contributed by atoms with Gasteiger partial charge in [0.1, 0.15) is 16.4 Å². The quantitative estimate of drug-likeness (QED) is 0.823. The van der Waals surface area contributed by atoms with Gasteiger partial charge in [-0.25, -0.2) is 13.1 Å². The fraction of sp³-hybridized carbons (Fsp3) is 0.538. The number of ether oxygens (including phenoxy) is 2. The van der Waals surface area contributed by atoms with Gasteiger partial charge in [0.05, 0.1) is 25.9 Å². The summed E-state index contributed by atoms with van der Waals surface area (Å²) in [7, 11) is -0.955. The van der Waals surface area contributed by atoms with Crippen molar-refractivity contribution in [1.82, 2.24) is 4.72 Å². The Balaban J connectivity index is 3.22. The second-order valence-electron chi connectivity index (χ2n) is 5.02. The number of methoxy groups -OCH3 is 2. The maximum absolute atomic E-state index is 12.4. The van der Waals surface area contributed by atoms with E-state index in [1.165, 1.54) is 39.3 Å². The number of hydrogen-bond acceptors (Lipinski definition) is 5. The predicted molar refractivity (Wildman–Crippen MR) is 75.6 cm³/mol. The first-order valence-electron chi connectivity index (χ1n) is 6.08. The van der Waals surface area contributed by atoms with Crippen molar-refractivity contribution in [3.05, 3.63) is 18.2 Å². The summed E-state index contributed by atoms with van der Waals surface area (Å²) >= 11 is 0. The second kappa shape index (κ2) is 5.99. The normalized spacial score (nSPS) is 13.9. The standard InChI is InChI=1S/C13H21NO5S/c1-9(15)13(2,3)14-20(16,17)12-7-6-10(18-4)8-11(12)19-5/h6-9,14-15H,1-5H3. The Labute approximate surface area is 119 Å². The predicted octanol–water partition coefficient (Wildman–Crippen LogP) is 1.14. The van der Waals surface area contributed by atoms with Gasteiger partial charge in [-0.1, -0.05) is 0 Å². The van der Waals surface area contributed by atoms with E-state index in [-0.39, 0.29) is 10.6 Å². The van der Waals surface area contributed by atoms with Gasteiger partial charge >= 0.3 is 0 Å². The van der Waals surface area contributed by atoms with Gasteiger partial charge in [-0.15, -0.1) is 0 Å². The smallest absolute Gasteiger partial charge is 0.244 e. The molecule has 1 aromatic carbocycles. The molecule has 0 aromatic heterocycles. The zero-order valence-electron chi connectivity index (χ0n) is 12.3. The molecule has 1 aromatic rings. The Morgan fingerprint density at radius 2 is 1.85 bits per heavy atom. The highest BCUT2D eigenvalue weighted by Gasteiger charge is 2.32. The minimum absolute atomic E-state index is 0.00507. The van der Waals surface area contributed by atoms with Crippen molar-refractivity contribution in [1.29, 1.82) is 0 Å². The molecule has 0 aliphatic carbocycles. The average molecular weight is 303 g/mol. The lowest BCUT2D eigenvalue weighted by Gasteiger charge is -2.29. The second-order valence-corrected chi connectivity index (χ2v) is 6.67. The fourth-order valence-electron chi connectivity index (χ4n) is 1.48. The zero-order chi connectivity index (χ0) is 15.6. The molecule has 1 atom stereocenters. The summed E-state index contributed by atoms with van der Waals surface area (Å²) in [5, 5.41) is 9.62. The lowest BCUT2D eigenvalue weighted by atomic mass is 10.0. The van der Waals surface area contributed by atoms with Crippen molar-refractivity contribution in [3.63, 3.8) is 0 Å². The van der Waals surface area contributed by atoms with Gasteiger partial charge in [-0.05, 0) is 32.9 Å². The molecule has 7 heteroatoms. The minimum Gasteiger partial charge on any atom is -0.497 e. The fourth-order valence-corrected chi connectivity index (χ4v) is 3.11. The van der Waals surface area contributed by atoms with Gasteiger partial charge in [0.2, 0.25) is 10.0 Å². The number of sulfonamides is 1. The van der Waals surface area contributed by atoms with Crippen LogP contribution in [-0.2, 0) is 10.0 Å². The summed E-state index contributed by atoms with van der Waals surface area (Å²) in [4.78, 5) is -0.00507. The van der Waals surface area contributed by atoms with Crippen LogP contribution in [-0.4, -0.2) is 39.4 Å². The Bertz CT molecular complexity index is 566. The number of benzene rings is 1. The van der Waals surface area contributed by atoms with Crippen LogP contribution in [0.5, 0.6) is 11.5 Å². The van der Waals surface area contributed by atoms with Gasteiger partial charge in [0.15, 0.2) is 0 Å². The third kappa shape index (κ3) is 3.62. The topological polar surface area (TPSA) is 84.9 Å². The van der Waals surface area contributed by atoms with E-state index >= 15 is 0 Å². The lowest BCUT2D eigenvalue weighted by molar-refractivity contribution is 0.111. The Kier molecular flexibility index (Phi) is 5.01. The SMILES string of the molecule is COc1ccc(S(=O)(=O)NC(C)(C)C(C)O)c(OC)c1. The minimum atomic E-state index is -3.82. The van der Waals surface area contributed by atoms with E-state index in [9.17, 15) is 13.5 Å². The summed E-state index contributed by atoms with van der Waals surface area (Å²) in [6.07, 6.45) is -0.846. The van der Waals surface area contributed by atoms with Crippen LogP contribution in [0.1, 0.15) is 20.8 Å². The summed E-state index contributed by atoms with van der Waals surface area (Å²) in [6, 6.07) is 4.43. The number of nitrogens with one attached hydrogen (secondary N) is 1. The van der Waals surface area contributed by atoms with E-state index in [1.807, 2.05) is 0 Å². The molecule has 0 aliphatic heterocycles. The molecule has 0 fully saturated rings. The molecule has 0 radical (unpaired) electrons.